The Morgan fingerprint density at radius 1 is 0.812 bits per heavy atom. The number of hydrogen-bond acceptors (Lipinski definition) is 5. The lowest BCUT2D eigenvalue weighted by atomic mass is 10.2. The van der Waals surface area contributed by atoms with E-state index in [0.29, 0.717) is 5.69 Å². The molecule has 9 heteroatoms. The molecule has 0 spiro atoms. The Balaban J connectivity index is 1.47. The van der Waals surface area contributed by atoms with Gasteiger partial charge in [0.2, 0.25) is 0 Å². The van der Waals surface area contributed by atoms with E-state index in [4.69, 9.17) is 16.3 Å². The molecular weight excluding hydrogens is 442 g/mol. The van der Waals surface area contributed by atoms with Crippen LogP contribution in [0.25, 0.3) is 0 Å². The minimum atomic E-state index is -0.745. The summed E-state index contributed by atoms with van der Waals surface area (Å²) < 4.78 is 31.3. The first kappa shape index (κ1) is 21.2. The third-order valence-corrected chi connectivity index (χ3v) is 4.88. The van der Waals surface area contributed by atoms with E-state index in [2.05, 4.69) is 5.32 Å². The van der Waals surface area contributed by atoms with E-state index in [0.717, 1.165) is 17.0 Å². The van der Waals surface area contributed by atoms with Crippen molar-refractivity contribution in [2.45, 2.75) is 0 Å². The number of halogens is 3. The lowest BCUT2D eigenvalue weighted by Gasteiger charge is -2.15. The number of carbonyl (C=O) groups excluding carboxylic acids is 3. The van der Waals surface area contributed by atoms with E-state index in [1.54, 1.807) is 0 Å². The van der Waals surface area contributed by atoms with Gasteiger partial charge in [0.25, 0.3) is 11.8 Å². The first-order valence-electron chi connectivity index (χ1n) is 9.22. The minimum absolute atomic E-state index is 0.150. The van der Waals surface area contributed by atoms with Crippen LogP contribution in [0.5, 0.6) is 5.75 Å². The van der Waals surface area contributed by atoms with Crippen molar-refractivity contribution < 1.29 is 27.9 Å². The highest BCUT2D eigenvalue weighted by Gasteiger charge is 2.38. The summed E-state index contributed by atoms with van der Waals surface area (Å²) in [5.74, 6) is -2.88. The first-order chi connectivity index (χ1) is 15.3. The summed E-state index contributed by atoms with van der Waals surface area (Å²) in [7, 11) is 0. The van der Waals surface area contributed by atoms with E-state index >= 15 is 0 Å². The summed E-state index contributed by atoms with van der Waals surface area (Å²) in [5.41, 5.74) is 0.623. The number of nitrogens with one attached hydrogen (secondary N) is 1. The third kappa shape index (κ3) is 4.21. The lowest BCUT2D eigenvalue weighted by Crippen LogP contribution is -2.32. The molecule has 1 N–H and O–H groups in total. The molecule has 3 aromatic rings. The maximum atomic E-state index is 13.2. The molecule has 0 unspecified atom stereocenters. The van der Waals surface area contributed by atoms with Gasteiger partial charge in [0.15, 0.2) is 0 Å². The molecule has 160 valence electrons. The van der Waals surface area contributed by atoms with Gasteiger partial charge in [-0.2, -0.15) is 0 Å². The summed E-state index contributed by atoms with van der Waals surface area (Å²) >= 11 is 6.06. The van der Waals surface area contributed by atoms with Gasteiger partial charge >= 0.3 is 5.97 Å². The Hall–Kier alpha value is -4.04. The maximum Gasteiger partial charge on any atom is 0.343 e. The summed E-state index contributed by atoms with van der Waals surface area (Å²) in [5, 5.41) is 2.45. The molecule has 32 heavy (non-hydrogen) atoms. The van der Waals surface area contributed by atoms with E-state index in [9.17, 15) is 23.2 Å². The quantitative estimate of drug-likeness (QED) is 0.346. The predicted octanol–water partition coefficient (Wildman–Crippen LogP) is 4.62. The first-order valence-corrected chi connectivity index (χ1v) is 9.60. The lowest BCUT2D eigenvalue weighted by molar-refractivity contribution is -0.120. The Morgan fingerprint density at radius 2 is 1.38 bits per heavy atom. The van der Waals surface area contributed by atoms with Crippen molar-refractivity contribution in [1.29, 1.82) is 0 Å². The van der Waals surface area contributed by atoms with Gasteiger partial charge in [-0.15, -0.1) is 0 Å². The van der Waals surface area contributed by atoms with Crippen molar-refractivity contribution in [2.75, 3.05) is 10.2 Å². The zero-order valence-electron chi connectivity index (χ0n) is 16.1. The molecule has 1 aliphatic heterocycles. The summed E-state index contributed by atoms with van der Waals surface area (Å²) in [4.78, 5) is 38.2. The Kier molecular flexibility index (Phi) is 5.70. The van der Waals surface area contributed by atoms with Gasteiger partial charge in [0, 0.05) is 5.69 Å². The standard InChI is InChI=1S/C23H13ClF2N2O4/c24-19-20(22(30)28(21(19)29)17-9-3-14(25)4-10-17)27-16-7-1-13(2-8-16)23(31)32-18-11-5-15(26)6-12-18/h1-12,27H. The van der Waals surface area contributed by atoms with Gasteiger partial charge in [-0.25, -0.2) is 18.5 Å². The normalized spacial score (nSPS) is 13.5. The van der Waals surface area contributed by atoms with Crippen molar-refractivity contribution in [1.82, 2.24) is 0 Å². The molecule has 0 saturated heterocycles. The second-order valence-electron chi connectivity index (χ2n) is 6.66. The van der Waals surface area contributed by atoms with E-state index < -0.39 is 29.4 Å². The van der Waals surface area contributed by atoms with Gasteiger partial charge in [0.1, 0.15) is 28.1 Å². The van der Waals surface area contributed by atoms with Crippen molar-refractivity contribution in [3.63, 3.8) is 0 Å². The number of amides is 2. The summed E-state index contributed by atoms with van der Waals surface area (Å²) in [6, 6.07) is 15.7. The van der Waals surface area contributed by atoms with Crippen LogP contribution < -0.4 is 15.0 Å². The van der Waals surface area contributed by atoms with Gasteiger partial charge in [-0.1, -0.05) is 11.6 Å². The smallest absolute Gasteiger partial charge is 0.343 e. The highest BCUT2D eigenvalue weighted by molar-refractivity contribution is 6.53. The molecule has 0 aliphatic carbocycles. The molecular formula is C23H13ClF2N2O4. The topological polar surface area (TPSA) is 75.7 Å². The maximum absolute atomic E-state index is 13.2. The Labute approximate surface area is 185 Å². The molecule has 0 fully saturated rings. The largest absolute Gasteiger partial charge is 0.423 e. The van der Waals surface area contributed by atoms with E-state index in [1.807, 2.05) is 0 Å². The van der Waals surface area contributed by atoms with Crippen LogP contribution in [0.2, 0.25) is 0 Å². The van der Waals surface area contributed by atoms with Crippen LogP contribution >= 0.6 is 11.6 Å². The zero-order chi connectivity index (χ0) is 22.8. The molecule has 4 rings (SSSR count). The van der Waals surface area contributed by atoms with Crippen LogP contribution in [0, 0.1) is 11.6 Å². The second-order valence-corrected chi connectivity index (χ2v) is 7.03. The SMILES string of the molecule is O=C(Oc1ccc(F)cc1)c1ccc(NC2=C(Cl)C(=O)N(c3ccc(F)cc3)C2=O)cc1. The molecule has 1 aliphatic rings. The fourth-order valence-corrected chi connectivity index (χ4v) is 3.15. The second kappa shape index (κ2) is 8.60. The molecule has 1 heterocycles. The van der Waals surface area contributed by atoms with Crippen molar-refractivity contribution in [3.8, 4) is 5.75 Å². The number of nitrogens with zero attached hydrogens (tertiary/aromatic N) is 1. The van der Waals surface area contributed by atoms with Crippen LogP contribution in [-0.4, -0.2) is 17.8 Å². The van der Waals surface area contributed by atoms with Crippen molar-refractivity contribution >= 4 is 40.8 Å². The summed E-state index contributed by atoms with van der Waals surface area (Å²) in [6.45, 7) is 0. The number of esters is 1. The molecule has 2 amide bonds. The fourth-order valence-electron chi connectivity index (χ4n) is 2.94. The monoisotopic (exact) mass is 454 g/mol. The van der Waals surface area contributed by atoms with Crippen LogP contribution in [-0.2, 0) is 9.59 Å². The number of anilines is 2. The van der Waals surface area contributed by atoms with Crippen molar-refractivity contribution in [3.05, 3.63) is 101 Å². The summed E-state index contributed by atoms with van der Waals surface area (Å²) in [6.07, 6.45) is 0. The average molecular weight is 455 g/mol. The van der Waals surface area contributed by atoms with Crippen LogP contribution in [0.3, 0.4) is 0 Å². The van der Waals surface area contributed by atoms with Crippen molar-refractivity contribution in [2.24, 2.45) is 0 Å². The molecule has 0 bridgehead atoms. The molecule has 0 saturated carbocycles. The Morgan fingerprint density at radius 3 is 1.97 bits per heavy atom. The number of ether oxygens (including phenoxy) is 1. The predicted molar refractivity (Wildman–Crippen MR) is 113 cm³/mol. The van der Waals surface area contributed by atoms with E-state index in [-0.39, 0.29) is 27.7 Å². The molecule has 0 radical (unpaired) electrons. The van der Waals surface area contributed by atoms with Crippen LogP contribution in [0.15, 0.2) is 83.5 Å². The molecule has 0 aromatic heterocycles. The third-order valence-electron chi connectivity index (χ3n) is 4.53. The number of hydrogen-bond donors (Lipinski definition) is 1. The number of imide groups is 1. The van der Waals surface area contributed by atoms with Gasteiger partial charge in [-0.3, -0.25) is 9.59 Å². The molecule has 3 aromatic carbocycles. The molecule has 0 atom stereocenters. The number of benzene rings is 3. The fraction of sp³-hybridized carbons (Fsp3) is 0. The minimum Gasteiger partial charge on any atom is -0.423 e. The molecule has 6 nitrogen and oxygen atoms in total. The Bertz CT molecular complexity index is 1240. The highest BCUT2D eigenvalue weighted by atomic mass is 35.5. The highest BCUT2D eigenvalue weighted by Crippen LogP contribution is 2.30. The van der Waals surface area contributed by atoms with Gasteiger partial charge in [0.05, 0.1) is 11.3 Å². The zero-order valence-corrected chi connectivity index (χ0v) is 16.9. The van der Waals surface area contributed by atoms with Crippen LogP contribution in [0.4, 0.5) is 20.2 Å². The van der Waals surface area contributed by atoms with E-state index in [1.165, 1.54) is 60.7 Å². The van der Waals surface area contributed by atoms with Crippen LogP contribution in [0.1, 0.15) is 10.4 Å². The van der Waals surface area contributed by atoms with Gasteiger partial charge < -0.3 is 10.1 Å². The number of rotatable bonds is 5. The average Bonchev–Trinajstić information content (AvgIpc) is 3.00. The number of carbonyl (C=O) groups is 3. The van der Waals surface area contributed by atoms with Gasteiger partial charge in [-0.05, 0) is 72.8 Å².